The van der Waals surface area contributed by atoms with Crippen molar-refractivity contribution in [3.63, 3.8) is 0 Å². The third-order valence-electron chi connectivity index (χ3n) is 2.08. The normalized spacial score (nSPS) is 9.94. The monoisotopic (exact) mass is 263 g/mol. The first-order valence-electron chi connectivity index (χ1n) is 4.65. The maximum Gasteiger partial charge on any atom is 0.155 e. The van der Waals surface area contributed by atoms with Crippen LogP contribution in [0, 0.1) is 18.3 Å². The summed E-state index contributed by atoms with van der Waals surface area (Å²) in [6, 6.07) is 5.46. The van der Waals surface area contributed by atoms with Crippen molar-refractivity contribution in [2.24, 2.45) is 0 Å². The van der Waals surface area contributed by atoms with Crippen LogP contribution in [0.1, 0.15) is 21.1 Å². The van der Waals surface area contributed by atoms with Gasteiger partial charge in [-0.1, -0.05) is 11.6 Å². The Morgan fingerprint density at radius 2 is 2.24 bits per heavy atom. The van der Waals surface area contributed by atoms with Crippen molar-refractivity contribution in [3.8, 4) is 16.6 Å². The van der Waals surface area contributed by atoms with E-state index >= 15 is 0 Å². The molecule has 6 heteroatoms. The van der Waals surface area contributed by atoms with Crippen molar-refractivity contribution in [1.82, 2.24) is 9.97 Å². The zero-order valence-corrected chi connectivity index (χ0v) is 10.3. The number of carbonyl (C=O) groups is 1. The molecule has 4 nitrogen and oxygen atoms in total. The van der Waals surface area contributed by atoms with Gasteiger partial charge in [-0.3, -0.25) is 4.79 Å². The molecule has 0 amide bonds. The number of carbonyl (C=O) groups excluding carboxylic acids is 1. The lowest BCUT2D eigenvalue weighted by Gasteiger charge is -2.03. The molecule has 17 heavy (non-hydrogen) atoms. The molecule has 0 bridgehead atoms. The maximum absolute atomic E-state index is 11.0. The van der Waals surface area contributed by atoms with Gasteiger partial charge in [-0.25, -0.2) is 9.97 Å². The highest BCUT2D eigenvalue weighted by atomic mass is 35.5. The standard InChI is InChI=1S/C11H6ClN3OS/c1-6-14-10(8(5-16)11(12)15-6)9-3-2-7(4-13)17-9/h2-3,5H,1H3. The van der Waals surface area contributed by atoms with Gasteiger partial charge in [-0.15, -0.1) is 11.3 Å². The van der Waals surface area contributed by atoms with Gasteiger partial charge in [-0.05, 0) is 19.1 Å². The van der Waals surface area contributed by atoms with Gasteiger partial charge in [0.05, 0.1) is 16.1 Å². The van der Waals surface area contributed by atoms with Gasteiger partial charge < -0.3 is 0 Å². The van der Waals surface area contributed by atoms with Gasteiger partial charge in [0.2, 0.25) is 0 Å². The molecular formula is C11H6ClN3OS. The predicted octanol–water partition coefficient (Wildman–Crippen LogP) is 2.85. The number of nitrogens with zero attached hydrogens (tertiary/aromatic N) is 3. The molecule has 2 aromatic rings. The number of rotatable bonds is 2. The summed E-state index contributed by atoms with van der Waals surface area (Å²) in [5.74, 6) is 0.488. The number of hydrogen-bond acceptors (Lipinski definition) is 5. The molecule has 2 rings (SSSR count). The third-order valence-corrected chi connectivity index (χ3v) is 3.36. The van der Waals surface area contributed by atoms with Gasteiger partial charge in [-0.2, -0.15) is 5.26 Å². The Bertz CT molecular complexity index is 630. The molecule has 0 aromatic carbocycles. The molecular weight excluding hydrogens is 258 g/mol. The van der Waals surface area contributed by atoms with E-state index in [-0.39, 0.29) is 10.7 Å². The summed E-state index contributed by atoms with van der Waals surface area (Å²) in [7, 11) is 0. The van der Waals surface area contributed by atoms with Crippen molar-refractivity contribution in [3.05, 3.63) is 33.6 Å². The van der Waals surface area contributed by atoms with E-state index in [4.69, 9.17) is 16.9 Å². The average molecular weight is 264 g/mol. The van der Waals surface area contributed by atoms with Crippen LogP contribution in [0.25, 0.3) is 10.6 Å². The molecule has 0 spiro atoms. The molecule has 0 radical (unpaired) electrons. The van der Waals surface area contributed by atoms with Crippen molar-refractivity contribution in [2.45, 2.75) is 6.92 Å². The number of nitriles is 1. The molecule has 0 saturated carbocycles. The van der Waals surface area contributed by atoms with E-state index < -0.39 is 0 Å². The Labute approximate surface area is 107 Å². The number of aryl methyl sites for hydroxylation is 1. The minimum atomic E-state index is 0.134. The van der Waals surface area contributed by atoms with Crippen LogP contribution in [-0.4, -0.2) is 16.3 Å². The molecule has 2 heterocycles. The number of thiophene rings is 1. The molecule has 0 aliphatic carbocycles. The number of hydrogen-bond donors (Lipinski definition) is 0. The lowest BCUT2D eigenvalue weighted by atomic mass is 10.2. The van der Waals surface area contributed by atoms with E-state index in [1.165, 1.54) is 11.3 Å². The van der Waals surface area contributed by atoms with Crippen LogP contribution < -0.4 is 0 Å². The molecule has 0 fully saturated rings. The Balaban J connectivity index is 2.66. The first-order chi connectivity index (χ1) is 8.15. The Morgan fingerprint density at radius 3 is 2.82 bits per heavy atom. The molecule has 0 unspecified atom stereocenters. The lowest BCUT2D eigenvalue weighted by molar-refractivity contribution is 0.112. The van der Waals surface area contributed by atoms with Crippen LogP contribution in [0.3, 0.4) is 0 Å². The predicted molar refractivity (Wildman–Crippen MR) is 65.2 cm³/mol. The van der Waals surface area contributed by atoms with Crippen molar-refractivity contribution in [1.29, 1.82) is 5.26 Å². The Hall–Kier alpha value is -1.77. The highest BCUT2D eigenvalue weighted by Crippen LogP contribution is 2.30. The molecule has 2 aromatic heterocycles. The average Bonchev–Trinajstić information content (AvgIpc) is 2.76. The molecule has 0 aliphatic rings. The quantitative estimate of drug-likeness (QED) is 0.617. The van der Waals surface area contributed by atoms with E-state index in [9.17, 15) is 4.79 Å². The zero-order valence-electron chi connectivity index (χ0n) is 8.77. The summed E-state index contributed by atoms with van der Waals surface area (Å²) in [4.78, 5) is 20.4. The van der Waals surface area contributed by atoms with E-state index in [1.54, 1.807) is 19.1 Å². The van der Waals surface area contributed by atoms with Gasteiger partial charge in [0.1, 0.15) is 21.9 Å². The summed E-state index contributed by atoms with van der Waals surface area (Å²) < 4.78 is 0. The van der Waals surface area contributed by atoms with Crippen LogP contribution >= 0.6 is 22.9 Å². The van der Waals surface area contributed by atoms with Gasteiger partial charge in [0, 0.05) is 0 Å². The second-order valence-corrected chi connectivity index (χ2v) is 4.66. The molecule has 0 atom stereocenters. The Morgan fingerprint density at radius 1 is 1.47 bits per heavy atom. The van der Waals surface area contributed by atoms with Gasteiger partial charge >= 0.3 is 0 Å². The summed E-state index contributed by atoms with van der Waals surface area (Å²) >= 11 is 7.15. The number of aromatic nitrogens is 2. The number of aldehydes is 1. The molecule has 0 aliphatic heterocycles. The zero-order chi connectivity index (χ0) is 12.4. The van der Waals surface area contributed by atoms with Gasteiger partial charge in [0.25, 0.3) is 0 Å². The SMILES string of the molecule is Cc1nc(Cl)c(C=O)c(-c2ccc(C#N)s2)n1. The highest BCUT2D eigenvalue weighted by molar-refractivity contribution is 7.16. The van der Waals surface area contributed by atoms with Crippen molar-refractivity contribution in [2.75, 3.05) is 0 Å². The minimum Gasteiger partial charge on any atom is -0.298 e. The van der Waals surface area contributed by atoms with Gasteiger partial charge in [0.15, 0.2) is 6.29 Å². The smallest absolute Gasteiger partial charge is 0.155 e. The second-order valence-electron chi connectivity index (χ2n) is 3.22. The van der Waals surface area contributed by atoms with E-state index in [2.05, 4.69) is 9.97 Å². The van der Waals surface area contributed by atoms with Crippen LogP contribution in [0.15, 0.2) is 12.1 Å². The maximum atomic E-state index is 11.0. The fraction of sp³-hybridized carbons (Fsp3) is 0.0909. The van der Waals surface area contributed by atoms with Crippen LogP contribution in [-0.2, 0) is 0 Å². The topological polar surface area (TPSA) is 66.6 Å². The summed E-state index contributed by atoms with van der Waals surface area (Å²) in [6.07, 6.45) is 0.628. The lowest BCUT2D eigenvalue weighted by Crippen LogP contribution is -1.98. The largest absolute Gasteiger partial charge is 0.298 e. The fourth-order valence-electron chi connectivity index (χ4n) is 1.36. The summed E-state index contributed by atoms with van der Waals surface area (Å²) in [5.41, 5.74) is 0.729. The fourth-order valence-corrected chi connectivity index (χ4v) is 2.43. The summed E-state index contributed by atoms with van der Waals surface area (Å²) in [5, 5.41) is 8.90. The van der Waals surface area contributed by atoms with E-state index in [1.807, 2.05) is 6.07 Å². The first kappa shape index (κ1) is 11.7. The first-order valence-corrected chi connectivity index (χ1v) is 5.84. The van der Waals surface area contributed by atoms with Crippen molar-refractivity contribution < 1.29 is 4.79 Å². The summed E-state index contributed by atoms with van der Waals surface area (Å²) in [6.45, 7) is 1.70. The molecule has 0 saturated heterocycles. The van der Waals surface area contributed by atoms with E-state index in [0.29, 0.717) is 22.7 Å². The second kappa shape index (κ2) is 4.62. The van der Waals surface area contributed by atoms with E-state index in [0.717, 1.165) is 4.88 Å². The molecule has 0 N–H and O–H groups in total. The third kappa shape index (κ3) is 2.18. The molecule has 84 valence electrons. The Kier molecular flexibility index (Phi) is 3.18. The van der Waals surface area contributed by atoms with Crippen LogP contribution in [0.4, 0.5) is 0 Å². The van der Waals surface area contributed by atoms with Crippen molar-refractivity contribution >= 4 is 29.2 Å². The number of halogens is 1. The highest BCUT2D eigenvalue weighted by Gasteiger charge is 2.14. The minimum absolute atomic E-state index is 0.134. The van der Waals surface area contributed by atoms with Crippen LogP contribution in [0.2, 0.25) is 5.15 Å². The van der Waals surface area contributed by atoms with Crippen LogP contribution in [0.5, 0.6) is 0 Å².